The maximum atomic E-state index is 12.1. The first kappa shape index (κ1) is 21.3. The first-order valence-corrected chi connectivity index (χ1v) is 8.24. The summed E-state index contributed by atoms with van der Waals surface area (Å²) in [4.78, 5) is 12.1. The molecule has 136 valence electrons. The number of nitrogens with two attached hydrogens (primary N) is 1. The van der Waals surface area contributed by atoms with Crippen molar-refractivity contribution in [1.29, 1.82) is 0 Å². The van der Waals surface area contributed by atoms with Gasteiger partial charge in [-0.15, -0.1) is 12.4 Å². The van der Waals surface area contributed by atoms with Crippen LogP contribution in [-0.2, 0) is 17.8 Å². The van der Waals surface area contributed by atoms with Crippen molar-refractivity contribution < 1.29 is 9.53 Å². The van der Waals surface area contributed by atoms with E-state index in [0.717, 1.165) is 11.1 Å². The fraction of sp³-hybridized carbons (Fsp3) is 0.316. The van der Waals surface area contributed by atoms with E-state index in [1.54, 1.807) is 0 Å². The molecule has 2 rings (SSSR count). The van der Waals surface area contributed by atoms with Crippen molar-refractivity contribution in [2.24, 2.45) is 5.73 Å². The maximum Gasteiger partial charge on any atom is 0.224 e. The van der Waals surface area contributed by atoms with E-state index in [9.17, 15) is 4.79 Å². The Morgan fingerprint density at radius 1 is 1.20 bits per heavy atom. The third-order valence-electron chi connectivity index (χ3n) is 3.60. The van der Waals surface area contributed by atoms with Crippen molar-refractivity contribution in [1.82, 2.24) is 5.32 Å². The van der Waals surface area contributed by atoms with Gasteiger partial charge in [0.15, 0.2) is 0 Å². The van der Waals surface area contributed by atoms with E-state index in [1.165, 1.54) is 0 Å². The van der Waals surface area contributed by atoms with Crippen molar-refractivity contribution in [2.75, 3.05) is 6.54 Å². The molecule has 0 radical (unpaired) electrons. The van der Waals surface area contributed by atoms with Gasteiger partial charge in [0.05, 0.1) is 6.42 Å². The Balaban J connectivity index is 0.00000312. The van der Waals surface area contributed by atoms with E-state index in [-0.39, 0.29) is 24.7 Å². The van der Waals surface area contributed by atoms with Crippen LogP contribution in [0.25, 0.3) is 0 Å². The standard InChI is InChI=1S/C19H23ClN2O2.ClH/c1-19(2,13-21)22-18(23)11-14-6-5-8-16(10-14)24-12-15-7-3-4-9-17(15)20;/h3-10H,11-13,21H2,1-2H3,(H,22,23);1H. The average molecular weight is 383 g/mol. The van der Waals surface area contributed by atoms with Crippen LogP contribution >= 0.6 is 24.0 Å². The molecule has 0 unspecified atom stereocenters. The molecule has 0 atom stereocenters. The average Bonchev–Trinajstić information content (AvgIpc) is 2.54. The number of carbonyl (C=O) groups is 1. The number of carbonyl (C=O) groups excluding carboxylic acids is 1. The SMILES string of the molecule is CC(C)(CN)NC(=O)Cc1cccc(OCc2ccccc2Cl)c1.Cl. The molecule has 0 fully saturated rings. The molecule has 0 bridgehead atoms. The zero-order chi connectivity index (χ0) is 17.6. The van der Waals surface area contributed by atoms with Crippen LogP contribution in [0.1, 0.15) is 25.0 Å². The van der Waals surface area contributed by atoms with Crippen LogP contribution in [0.15, 0.2) is 48.5 Å². The molecule has 0 aromatic heterocycles. The van der Waals surface area contributed by atoms with Crippen molar-refractivity contribution in [2.45, 2.75) is 32.4 Å². The second kappa shape index (κ2) is 9.66. The molecule has 0 saturated heterocycles. The number of amides is 1. The van der Waals surface area contributed by atoms with Crippen LogP contribution in [0.3, 0.4) is 0 Å². The van der Waals surface area contributed by atoms with Crippen LogP contribution in [0.2, 0.25) is 5.02 Å². The molecule has 4 nitrogen and oxygen atoms in total. The second-order valence-electron chi connectivity index (χ2n) is 6.34. The fourth-order valence-electron chi connectivity index (χ4n) is 2.18. The molecule has 2 aromatic rings. The topological polar surface area (TPSA) is 64.3 Å². The molecule has 0 aliphatic carbocycles. The molecule has 0 aliphatic rings. The van der Waals surface area contributed by atoms with Gasteiger partial charge < -0.3 is 15.8 Å². The summed E-state index contributed by atoms with van der Waals surface area (Å²) < 4.78 is 5.78. The monoisotopic (exact) mass is 382 g/mol. The summed E-state index contributed by atoms with van der Waals surface area (Å²) in [6.45, 7) is 4.57. The normalized spacial score (nSPS) is 10.7. The summed E-state index contributed by atoms with van der Waals surface area (Å²) in [5.74, 6) is 0.645. The third kappa shape index (κ3) is 6.94. The summed E-state index contributed by atoms with van der Waals surface area (Å²) in [5.41, 5.74) is 7.04. The highest BCUT2D eigenvalue weighted by molar-refractivity contribution is 6.31. The Morgan fingerprint density at radius 3 is 2.60 bits per heavy atom. The number of rotatable bonds is 7. The van der Waals surface area contributed by atoms with Gasteiger partial charge >= 0.3 is 0 Å². The number of nitrogens with one attached hydrogen (secondary N) is 1. The fourth-order valence-corrected chi connectivity index (χ4v) is 2.37. The van der Waals surface area contributed by atoms with Crippen LogP contribution in [0.5, 0.6) is 5.75 Å². The van der Waals surface area contributed by atoms with E-state index in [0.29, 0.717) is 23.9 Å². The summed E-state index contributed by atoms with van der Waals surface area (Å²) in [7, 11) is 0. The molecule has 3 N–H and O–H groups in total. The number of hydrogen-bond acceptors (Lipinski definition) is 3. The Hall–Kier alpha value is -1.75. The molecular formula is C19H24Cl2N2O2. The molecular weight excluding hydrogens is 359 g/mol. The summed E-state index contributed by atoms with van der Waals surface area (Å²) in [6.07, 6.45) is 0.284. The first-order chi connectivity index (χ1) is 11.4. The minimum Gasteiger partial charge on any atom is -0.489 e. The number of hydrogen-bond donors (Lipinski definition) is 2. The van der Waals surface area contributed by atoms with Gasteiger partial charge in [-0.2, -0.15) is 0 Å². The Labute approximate surface area is 160 Å². The Morgan fingerprint density at radius 2 is 1.92 bits per heavy atom. The molecule has 2 aromatic carbocycles. The molecule has 1 amide bonds. The Kier molecular flexibility index (Phi) is 8.23. The molecule has 25 heavy (non-hydrogen) atoms. The van der Waals surface area contributed by atoms with Gasteiger partial charge in [0, 0.05) is 22.7 Å². The second-order valence-corrected chi connectivity index (χ2v) is 6.75. The maximum absolute atomic E-state index is 12.1. The van der Waals surface area contributed by atoms with Crippen LogP contribution in [-0.4, -0.2) is 18.0 Å². The molecule has 0 saturated carbocycles. The van der Waals surface area contributed by atoms with E-state index in [2.05, 4.69) is 5.32 Å². The lowest BCUT2D eigenvalue weighted by Crippen LogP contribution is -2.49. The van der Waals surface area contributed by atoms with Gasteiger partial charge in [0.1, 0.15) is 12.4 Å². The van der Waals surface area contributed by atoms with Gasteiger partial charge in [-0.25, -0.2) is 0 Å². The number of ether oxygens (including phenoxy) is 1. The molecule has 6 heteroatoms. The lowest BCUT2D eigenvalue weighted by atomic mass is 10.0. The van der Waals surface area contributed by atoms with Gasteiger partial charge in [-0.1, -0.05) is 41.9 Å². The molecule has 0 aliphatic heterocycles. The lowest BCUT2D eigenvalue weighted by Gasteiger charge is -2.24. The van der Waals surface area contributed by atoms with Gasteiger partial charge in [-0.05, 0) is 37.6 Å². The lowest BCUT2D eigenvalue weighted by molar-refractivity contribution is -0.121. The zero-order valence-electron chi connectivity index (χ0n) is 14.4. The third-order valence-corrected chi connectivity index (χ3v) is 3.97. The smallest absolute Gasteiger partial charge is 0.224 e. The minimum absolute atomic E-state index is 0. The van der Waals surface area contributed by atoms with E-state index < -0.39 is 5.54 Å². The predicted octanol–water partition coefficient (Wildman–Crippen LogP) is 3.74. The van der Waals surface area contributed by atoms with Crippen molar-refractivity contribution in [3.8, 4) is 5.75 Å². The van der Waals surface area contributed by atoms with Crippen molar-refractivity contribution >= 4 is 29.9 Å². The summed E-state index contributed by atoms with van der Waals surface area (Å²) in [5, 5.41) is 3.59. The van der Waals surface area contributed by atoms with E-state index in [1.807, 2.05) is 62.4 Å². The number of benzene rings is 2. The largest absolute Gasteiger partial charge is 0.489 e. The van der Waals surface area contributed by atoms with E-state index in [4.69, 9.17) is 22.1 Å². The Bertz CT molecular complexity index is 705. The zero-order valence-corrected chi connectivity index (χ0v) is 16.0. The quantitative estimate of drug-likeness (QED) is 0.766. The van der Waals surface area contributed by atoms with Crippen LogP contribution in [0, 0.1) is 0 Å². The first-order valence-electron chi connectivity index (χ1n) is 7.86. The molecule has 0 spiro atoms. The minimum atomic E-state index is -0.407. The van der Waals surface area contributed by atoms with Gasteiger partial charge in [0.2, 0.25) is 5.91 Å². The molecule has 0 heterocycles. The summed E-state index contributed by atoms with van der Waals surface area (Å²) in [6, 6.07) is 15.1. The summed E-state index contributed by atoms with van der Waals surface area (Å²) >= 11 is 6.12. The van der Waals surface area contributed by atoms with Gasteiger partial charge in [0.25, 0.3) is 0 Å². The van der Waals surface area contributed by atoms with Crippen molar-refractivity contribution in [3.05, 3.63) is 64.7 Å². The van der Waals surface area contributed by atoms with Gasteiger partial charge in [-0.3, -0.25) is 4.79 Å². The number of halogens is 2. The van der Waals surface area contributed by atoms with E-state index >= 15 is 0 Å². The highest BCUT2D eigenvalue weighted by Gasteiger charge is 2.18. The predicted molar refractivity (Wildman–Crippen MR) is 104 cm³/mol. The van der Waals surface area contributed by atoms with Crippen LogP contribution < -0.4 is 15.8 Å². The van der Waals surface area contributed by atoms with Crippen molar-refractivity contribution in [3.63, 3.8) is 0 Å². The highest BCUT2D eigenvalue weighted by Crippen LogP contribution is 2.19. The highest BCUT2D eigenvalue weighted by atomic mass is 35.5. The van der Waals surface area contributed by atoms with Crippen LogP contribution in [0.4, 0.5) is 0 Å².